The fourth-order valence-corrected chi connectivity index (χ4v) is 5.01. The summed E-state index contributed by atoms with van der Waals surface area (Å²) in [4.78, 5) is 0.348. The monoisotopic (exact) mass is 312 g/mol. The molecule has 6 heteroatoms. The van der Waals surface area contributed by atoms with Crippen LogP contribution in [-0.2, 0) is 14.8 Å². The average Bonchev–Trinajstić information content (AvgIpc) is 2.35. The highest BCUT2D eigenvalue weighted by molar-refractivity contribution is 7.89. The van der Waals surface area contributed by atoms with Crippen LogP contribution in [0.3, 0.4) is 0 Å². The Morgan fingerprint density at radius 2 is 1.67 bits per heavy atom. The molecule has 21 heavy (non-hydrogen) atoms. The summed E-state index contributed by atoms with van der Waals surface area (Å²) in [5.41, 5.74) is 8.78. The predicted molar refractivity (Wildman–Crippen MR) is 83.8 cm³/mol. The van der Waals surface area contributed by atoms with Crippen molar-refractivity contribution in [3.63, 3.8) is 0 Å². The van der Waals surface area contributed by atoms with Crippen LogP contribution in [-0.4, -0.2) is 38.0 Å². The molecule has 0 bridgehead atoms. The summed E-state index contributed by atoms with van der Waals surface area (Å²) in [6, 6.07) is 1.83. The van der Waals surface area contributed by atoms with Crippen LogP contribution in [0.2, 0.25) is 0 Å². The van der Waals surface area contributed by atoms with E-state index in [4.69, 9.17) is 10.5 Å². The van der Waals surface area contributed by atoms with E-state index in [0.29, 0.717) is 29.2 Å². The number of anilines is 1. The first kappa shape index (κ1) is 16.3. The van der Waals surface area contributed by atoms with E-state index >= 15 is 0 Å². The maximum Gasteiger partial charge on any atom is 0.243 e. The summed E-state index contributed by atoms with van der Waals surface area (Å²) < 4.78 is 33.2. The Balaban J connectivity index is 2.55. The average molecular weight is 312 g/mol. The number of sulfonamides is 1. The minimum absolute atomic E-state index is 0.105. The fraction of sp³-hybridized carbons (Fsp3) is 0.600. The van der Waals surface area contributed by atoms with E-state index in [0.717, 1.165) is 11.1 Å². The maximum atomic E-state index is 13.0. The number of hydrogen-bond acceptors (Lipinski definition) is 4. The van der Waals surface area contributed by atoms with Crippen molar-refractivity contribution in [2.24, 2.45) is 0 Å². The van der Waals surface area contributed by atoms with Crippen molar-refractivity contribution < 1.29 is 13.2 Å². The first-order valence-electron chi connectivity index (χ1n) is 7.16. The van der Waals surface area contributed by atoms with Gasteiger partial charge in [0.25, 0.3) is 0 Å². The van der Waals surface area contributed by atoms with Gasteiger partial charge in [-0.15, -0.1) is 0 Å². The zero-order valence-corrected chi connectivity index (χ0v) is 14.1. The molecule has 1 aliphatic rings. The second-order valence-electron chi connectivity index (χ2n) is 5.94. The number of nitrogens with zero attached hydrogens (tertiary/aromatic N) is 1. The van der Waals surface area contributed by atoms with Gasteiger partial charge in [0.05, 0.1) is 17.1 Å². The third-order valence-electron chi connectivity index (χ3n) is 4.06. The van der Waals surface area contributed by atoms with Gasteiger partial charge in [-0.1, -0.05) is 0 Å². The standard InChI is InChI=1S/C15H24N2O3S/c1-9-6-14(16)13(5)15(12(9)4)21(18,19)17-7-10(2)20-11(3)8-17/h6,10-11H,7-8,16H2,1-5H3. The van der Waals surface area contributed by atoms with E-state index in [9.17, 15) is 8.42 Å². The lowest BCUT2D eigenvalue weighted by Gasteiger charge is -2.35. The molecule has 1 saturated heterocycles. The van der Waals surface area contributed by atoms with Crippen molar-refractivity contribution in [3.05, 3.63) is 22.8 Å². The second-order valence-corrected chi connectivity index (χ2v) is 7.82. The van der Waals surface area contributed by atoms with E-state index in [1.54, 1.807) is 6.92 Å². The Morgan fingerprint density at radius 3 is 2.19 bits per heavy atom. The quantitative estimate of drug-likeness (QED) is 0.848. The summed E-state index contributed by atoms with van der Waals surface area (Å²) >= 11 is 0. The van der Waals surface area contributed by atoms with Gasteiger partial charge in [-0.3, -0.25) is 0 Å². The van der Waals surface area contributed by atoms with Crippen molar-refractivity contribution >= 4 is 15.7 Å². The van der Waals surface area contributed by atoms with E-state index < -0.39 is 10.0 Å². The van der Waals surface area contributed by atoms with Crippen LogP contribution >= 0.6 is 0 Å². The van der Waals surface area contributed by atoms with E-state index in [-0.39, 0.29) is 12.2 Å². The topological polar surface area (TPSA) is 72.6 Å². The summed E-state index contributed by atoms with van der Waals surface area (Å²) in [6.45, 7) is 10.0. The van der Waals surface area contributed by atoms with Gasteiger partial charge in [-0.25, -0.2) is 8.42 Å². The normalized spacial score (nSPS) is 24.2. The maximum absolute atomic E-state index is 13.0. The van der Waals surface area contributed by atoms with Crippen LogP contribution in [0.4, 0.5) is 5.69 Å². The molecule has 1 aromatic carbocycles. The van der Waals surface area contributed by atoms with E-state index in [1.165, 1.54) is 4.31 Å². The molecule has 0 radical (unpaired) electrons. The molecule has 2 unspecified atom stereocenters. The molecule has 0 aliphatic carbocycles. The Kier molecular flexibility index (Phi) is 4.33. The van der Waals surface area contributed by atoms with Crippen LogP contribution in [0, 0.1) is 20.8 Å². The zero-order chi connectivity index (χ0) is 15.9. The number of nitrogen functional groups attached to an aromatic ring is 1. The molecule has 2 atom stereocenters. The molecule has 1 heterocycles. The molecular formula is C15H24N2O3S. The Hall–Kier alpha value is -1.11. The van der Waals surface area contributed by atoms with Crippen molar-refractivity contribution in [2.75, 3.05) is 18.8 Å². The number of morpholine rings is 1. The smallest absolute Gasteiger partial charge is 0.243 e. The molecule has 0 saturated carbocycles. The van der Waals surface area contributed by atoms with Crippen LogP contribution in [0.1, 0.15) is 30.5 Å². The van der Waals surface area contributed by atoms with Gasteiger partial charge < -0.3 is 10.5 Å². The van der Waals surface area contributed by atoms with Crippen molar-refractivity contribution in [1.29, 1.82) is 0 Å². The zero-order valence-electron chi connectivity index (χ0n) is 13.3. The number of nitrogens with two attached hydrogens (primary N) is 1. The van der Waals surface area contributed by atoms with Crippen LogP contribution < -0.4 is 5.73 Å². The molecule has 5 nitrogen and oxygen atoms in total. The Labute approximate surface area is 127 Å². The molecule has 118 valence electrons. The van der Waals surface area contributed by atoms with Crippen LogP contribution in [0.5, 0.6) is 0 Å². The Morgan fingerprint density at radius 1 is 1.14 bits per heavy atom. The van der Waals surface area contributed by atoms with Crippen LogP contribution in [0.25, 0.3) is 0 Å². The summed E-state index contributed by atoms with van der Waals surface area (Å²) in [5, 5.41) is 0. The second kappa shape index (κ2) is 5.59. The minimum Gasteiger partial charge on any atom is -0.398 e. The number of hydrogen-bond donors (Lipinski definition) is 1. The van der Waals surface area contributed by atoms with E-state index in [2.05, 4.69) is 0 Å². The van der Waals surface area contributed by atoms with Gasteiger partial charge in [0.2, 0.25) is 10.0 Å². The highest BCUT2D eigenvalue weighted by Gasteiger charge is 2.34. The third-order valence-corrected chi connectivity index (χ3v) is 6.17. The molecule has 1 aliphatic heterocycles. The summed E-state index contributed by atoms with van der Waals surface area (Å²) in [7, 11) is -3.56. The van der Waals surface area contributed by atoms with Crippen molar-refractivity contribution in [1.82, 2.24) is 4.31 Å². The van der Waals surface area contributed by atoms with Gasteiger partial charge >= 0.3 is 0 Å². The number of ether oxygens (including phenoxy) is 1. The largest absolute Gasteiger partial charge is 0.398 e. The number of rotatable bonds is 2. The first-order chi connectivity index (χ1) is 9.64. The van der Waals surface area contributed by atoms with Crippen molar-refractivity contribution in [3.8, 4) is 0 Å². The molecule has 1 fully saturated rings. The van der Waals surface area contributed by atoms with Gasteiger partial charge in [-0.05, 0) is 57.4 Å². The summed E-state index contributed by atoms with van der Waals surface area (Å²) in [6.07, 6.45) is -0.211. The van der Waals surface area contributed by atoms with Gasteiger partial charge in [0, 0.05) is 18.8 Å². The first-order valence-corrected chi connectivity index (χ1v) is 8.60. The molecule has 1 aromatic rings. The SMILES string of the molecule is Cc1cc(N)c(C)c(S(=O)(=O)N2CC(C)OC(C)C2)c1C. The van der Waals surface area contributed by atoms with Gasteiger partial charge in [0.1, 0.15) is 0 Å². The molecule has 0 spiro atoms. The number of aryl methyl sites for hydroxylation is 1. The molecular weight excluding hydrogens is 288 g/mol. The number of benzene rings is 1. The van der Waals surface area contributed by atoms with Crippen LogP contribution in [0.15, 0.2) is 11.0 Å². The lowest BCUT2D eigenvalue weighted by molar-refractivity contribution is -0.0441. The highest BCUT2D eigenvalue weighted by atomic mass is 32.2. The van der Waals surface area contributed by atoms with Gasteiger partial charge in [-0.2, -0.15) is 4.31 Å². The Bertz CT molecular complexity index is 619. The molecule has 2 rings (SSSR count). The molecule has 0 aromatic heterocycles. The highest BCUT2D eigenvalue weighted by Crippen LogP contribution is 2.31. The van der Waals surface area contributed by atoms with Gasteiger partial charge in [0.15, 0.2) is 0 Å². The molecule has 2 N–H and O–H groups in total. The lowest BCUT2D eigenvalue weighted by Crippen LogP contribution is -2.48. The summed E-state index contributed by atoms with van der Waals surface area (Å²) in [5.74, 6) is 0. The lowest BCUT2D eigenvalue weighted by atomic mass is 10.1. The third kappa shape index (κ3) is 2.93. The minimum atomic E-state index is -3.56. The molecule has 0 amide bonds. The predicted octanol–water partition coefficient (Wildman–Crippen LogP) is 1.99. The fourth-order valence-electron chi connectivity index (χ4n) is 2.88. The van der Waals surface area contributed by atoms with Crippen molar-refractivity contribution in [2.45, 2.75) is 51.7 Å². The van der Waals surface area contributed by atoms with E-state index in [1.807, 2.05) is 33.8 Å².